The fourth-order valence-electron chi connectivity index (χ4n) is 1.94. The van der Waals surface area contributed by atoms with Crippen molar-refractivity contribution in [1.29, 1.82) is 0 Å². The van der Waals surface area contributed by atoms with E-state index in [-0.39, 0.29) is 10.8 Å². The minimum atomic E-state index is -3.79. The van der Waals surface area contributed by atoms with Gasteiger partial charge in [0.15, 0.2) is 0 Å². The van der Waals surface area contributed by atoms with Crippen LogP contribution in [0, 0.1) is 0 Å². The zero-order chi connectivity index (χ0) is 16.9. The Morgan fingerprint density at radius 2 is 1.87 bits per heavy atom. The van der Waals surface area contributed by atoms with E-state index < -0.39 is 10.0 Å². The Bertz CT molecular complexity index is 806. The second-order valence-corrected chi connectivity index (χ2v) is 7.00. The number of hydrogen-bond donors (Lipinski definition) is 2. The van der Waals surface area contributed by atoms with Crippen molar-refractivity contribution in [2.75, 3.05) is 10.0 Å². The quantitative estimate of drug-likeness (QED) is 0.828. The highest BCUT2D eigenvalue weighted by molar-refractivity contribution is 7.92. The van der Waals surface area contributed by atoms with Crippen LogP contribution >= 0.6 is 11.6 Å². The SMILES string of the molecule is CCCC(=O)Nc1cccc(S(=O)(=O)Nc2ccccc2Cl)c1. The lowest BCUT2D eigenvalue weighted by Crippen LogP contribution is -2.15. The van der Waals surface area contributed by atoms with E-state index in [0.717, 1.165) is 6.42 Å². The predicted molar refractivity (Wildman–Crippen MR) is 92.2 cm³/mol. The molecule has 0 unspecified atom stereocenters. The lowest BCUT2D eigenvalue weighted by Gasteiger charge is -2.11. The standard InChI is InChI=1S/C16H17ClN2O3S/c1-2-6-16(20)18-12-7-5-8-13(11-12)23(21,22)19-15-10-4-3-9-14(15)17/h3-5,7-11,19H,2,6H2,1H3,(H,18,20). The van der Waals surface area contributed by atoms with Gasteiger partial charge in [0, 0.05) is 12.1 Å². The molecular weight excluding hydrogens is 336 g/mol. The van der Waals surface area contributed by atoms with Crippen molar-refractivity contribution in [1.82, 2.24) is 0 Å². The largest absolute Gasteiger partial charge is 0.326 e. The van der Waals surface area contributed by atoms with Gasteiger partial charge in [0.2, 0.25) is 5.91 Å². The lowest BCUT2D eigenvalue weighted by molar-refractivity contribution is -0.116. The van der Waals surface area contributed by atoms with E-state index in [2.05, 4.69) is 10.0 Å². The first-order chi connectivity index (χ1) is 10.9. The van der Waals surface area contributed by atoms with E-state index >= 15 is 0 Å². The molecule has 0 fully saturated rings. The summed E-state index contributed by atoms with van der Waals surface area (Å²) in [6.45, 7) is 1.90. The number of carbonyl (C=O) groups excluding carboxylic acids is 1. The number of carbonyl (C=O) groups is 1. The molecule has 0 radical (unpaired) electrons. The Balaban J connectivity index is 2.23. The molecule has 0 aliphatic heterocycles. The maximum absolute atomic E-state index is 12.4. The predicted octanol–water partition coefficient (Wildman–Crippen LogP) is 3.88. The van der Waals surface area contributed by atoms with Gasteiger partial charge in [-0.3, -0.25) is 9.52 Å². The number of amides is 1. The van der Waals surface area contributed by atoms with Gasteiger partial charge in [-0.05, 0) is 36.8 Å². The topological polar surface area (TPSA) is 75.3 Å². The van der Waals surface area contributed by atoms with Crippen LogP contribution in [0.5, 0.6) is 0 Å². The van der Waals surface area contributed by atoms with Gasteiger partial charge in [-0.2, -0.15) is 0 Å². The van der Waals surface area contributed by atoms with Crippen molar-refractivity contribution in [3.05, 3.63) is 53.6 Å². The third kappa shape index (κ3) is 4.71. The Morgan fingerprint density at radius 3 is 2.57 bits per heavy atom. The summed E-state index contributed by atoms with van der Waals surface area (Å²) in [5.41, 5.74) is 0.736. The molecule has 1 amide bonds. The van der Waals surface area contributed by atoms with E-state index in [1.165, 1.54) is 12.1 Å². The molecular formula is C16H17ClN2O3S. The average Bonchev–Trinajstić information content (AvgIpc) is 2.50. The van der Waals surface area contributed by atoms with Crippen LogP contribution in [0.25, 0.3) is 0 Å². The van der Waals surface area contributed by atoms with Gasteiger partial charge >= 0.3 is 0 Å². The van der Waals surface area contributed by atoms with Crippen molar-refractivity contribution >= 4 is 38.9 Å². The number of halogens is 1. The number of sulfonamides is 1. The molecule has 0 heterocycles. The molecule has 0 aliphatic carbocycles. The Hall–Kier alpha value is -2.05. The zero-order valence-electron chi connectivity index (χ0n) is 12.5. The number of anilines is 2. The first-order valence-corrected chi connectivity index (χ1v) is 8.96. The molecule has 0 aromatic heterocycles. The summed E-state index contributed by atoms with van der Waals surface area (Å²) in [6, 6.07) is 12.6. The molecule has 0 spiro atoms. The van der Waals surface area contributed by atoms with E-state index in [4.69, 9.17) is 11.6 Å². The average molecular weight is 353 g/mol. The molecule has 2 aromatic rings. The summed E-state index contributed by atoms with van der Waals surface area (Å²) in [5.74, 6) is -0.152. The minimum Gasteiger partial charge on any atom is -0.326 e. The van der Waals surface area contributed by atoms with Crippen LogP contribution in [0.1, 0.15) is 19.8 Å². The molecule has 2 N–H and O–H groups in total. The second-order valence-electron chi connectivity index (χ2n) is 4.91. The lowest BCUT2D eigenvalue weighted by atomic mass is 10.3. The summed E-state index contributed by atoms with van der Waals surface area (Å²) in [4.78, 5) is 11.7. The zero-order valence-corrected chi connectivity index (χ0v) is 14.1. The number of nitrogens with one attached hydrogen (secondary N) is 2. The third-order valence-corrected chi connectivity index (χ3v) is 4.72. The van der Waals surface area contributed by atoms with Gasteiger partial charge in [-0.15, -0.1) is 0 Å². The normalized spacial score (nSPS) is 11.0. The monoisotopic (exact) mass is 352 g/mol. The Kier molecular flexibility index (Phi) is 5.63. The Morgan fingerprint density at radius 1 is 1.13 bits per heavy atom. The molecule has 2 aromatic carbocycles. The maximum Gasteiger partial charge on any atom is 0.262 e. The van der Waals surface area contributed by atoms with Crippen LogP contribution in [-0.2, 0) is 14.8 Å². The van der Waals surface area contributed by atoms with Crippen LogP contribution in [0.3, 0.4) is 0 Å². The molecule has 0 atom stereocenters. The van der Waals surface area contributed by atoms with Crippen LogP contribution < -0.4 is 10.0 Å². The van der Waals surface area contributed by atoms with Crippen LogP contribution in [0.4, 0.5) is 11.4 Å². The summed E-state index contributed by atoms with van der Waals surface area (Å²) in [7, 11) is -3.79. The summed E-state index contributed by atoms with van der Waals surface area (Å²) >= 11 is 5.97. The summed E-state index contributed by atoms with van der Waals surface area (Å²) in [6.07, 6.45) is 1.10. The fourth-order valence-corrected chi connectivity index (χ4v) is 3.30. The summed E-state index contributed by atoms with van der Waals surface area (Å²) in [5, 5.41) is 2.98. The van der Waals surface area contributed by atoms with Crippen molar-refractivity contribution in [3.63, 3.8) is 0 Å². The van der Waals surface area contributed by atoms with Crippen LogP contribution in [0.2, 0.25) is 5.02 Å². The molecule has 23 heavy (non-hydrogen) atoms. The molecule has 122 valence electrons. The molecule has 0 aliphatic rings. The summed E-state index contributed by atoms with van der Waals surface area (Å²) < 4.78 is 27.3. The van der Waals surface area contributed by atoms with E-state index in [1.807, 2.05) is 6.92 Å². The molecule has 0 saturated carbocycles. The molecule has 0 saturated heterocycles. The number of para-hydroxylation sites is 1. The van der Waals surface area contributed by atoms with E-state index in [0.29, 0.717) is 22.8 Å². The van der Waals surface area contributed by atoms with E-state index in [9.17, 15) is 13.2 Å². The number of benzene rings is 2. The van der Waals surface area contributed by atoms with E-state index in [1.54, 1.807) is 36.4 Å². The smallest absolute Gasteiger partial charge is 0.262 e. The van der Waals surface area contributed by atoms with Crippen molar-refractivity contribution < 1.29 is 13.2 Å². The minimum absolute atomic E-state index is 0.0479. The third-order valence-electron chi connectivity index (χ3n) is 3.02. The molecule has 5 nitrogen and oxygen atoms in total. The van der Waals surface area contributed by atoms with Crippen molar-refractivity contribution in [2.24, 2.45) is 0 Å². The molecule has 7 heteroatoms. The van der Waals surface area contributed by atoms with Gasteiger partial charge in [0.05, 0.1) is 15.6 Å². The highest BCUT2D eigenvalue weighted by atomic mass is 35.5. The van der Waals surface area contributed by atoms with Gasteiger partial charge in [-0.25, -0.2) is 8.42 Å². The van der Waals surface area contributed by atoms with Gasteiger partial charge in [0.1, 0.15) is 0 Å². The van der Waals surface area contributed by atoms with Crippen molar-refractivity contribution in [3.8, 4) is 0 Å². The van der Waals surface area contributed by atoms with Gasteiger partial charge in [-0.1, -0.05) is 36.7 Å². The molecule has 2 rings (SSSR count). The van der Waals surface area contributed by atoms with Gasteiger partial charge < -0.3 is 5.32 Å². The van der Waals surface area contributed by atoms with Crippen LogP contribution in [-0.4, -0.2) is 14.3 Å². The highest BCUT2D eigenvalue weighted by Crippen LogP contribution is 2.25. The number of rotatable bonds is 6. The first-order valence-electron chi connectivity index (χ1n) is 7.09. The fraction of sp³-hybridized carbons (Fsp3) is 0.188. The highest BCUT2D eigenvalue weighted by Gasteiger charge is 2.16. The first kappa shape index (κ1) is 17.3. The number of hydrogen-bond acceptors (Lipinski definition) is 3. The second kappa shape index (κ2) is 7.48. The molecule has 0 bridgehead atoms. The van der Waals surface area contributed by atoms with Gasteiger partial charge in [0.25, 0.3) is 10.0 Å². The van der Waals surface area contributed by atoms with Crippen molar-refractivity contribution in [2.45, 2.75) is 24.7 Å². The Labute approximate surface area is 140 Å². The maximum atomic E-state index is 12.4. The van der Waals surface area contributed by atoms with Crippen LogP contribution in [0.15, 0.2) is 53.4 Å².